The molecule has 3 unspecified atom stereocenters. The summed E-state index contributed by atoms with van der Waals surface area (Å²) in [5.74, 6) is 3.75. The first-order chi connectivity index (χ1) is 16.0. The van der Waals surface area contributed by atoms with Crippen LogP contribution < -0.4 is 10.2 Å². The van der Waals surface area contributed by atoms with E-state index >= 15 is 0 Å². The molecule has 1 amide bonds. The Morgan fingerprint density at radius 1 is 1.15 bits per heavy atom. The van der Waals surface area contributed by atoms with Gasteiger partial charge in [0.2, 0.25) is 5.95 Å². The number of nitrogens with one attached hydrogen (secondary N) is 1. The van der Waals surface area contributed by atoms with Gasteiger partial charge in [0.25, 0.3) is 5.91 Å². The van der Waals surface area contributed by atoms with Crippen LogP contribution >= 0.6 is 11.8 Å². The molecule has 3 atom stereocenters. The summed E-state index contributed by atoms with van der Waals surface area (Å²) in [6.45, 7) is 0.719. The predicted molar refractivity (Wildman–Crippen MR) is 128 cm³/mol. The summed E-state index contributed by atoms with van der Waals surface area (Å²) in [4.78, 5) is 25.0. The highest BCUT2D eigenvalue weighted by Gasteiger charge is 2.55. The molecule has 1 aromatic heterocycles. The largest absolute Gasteiger partial charge is 0.390 e. The van der Waals surface area contributed by atoms with E-state index in [0.717, 1.165) is 62.9 Å². The zero-order chi connectivity index (χ0) is 22.6. The number of aliphatic hydroxyl groups is 2. The fourth-order valence-corrected chi connectivity index (χ4v) is 8.54. The molecule has 0 radical (unpaired) electrons. The summed E-state index contributed by atoms with van der Waals surface area (Å²) < 4.78 is 0. The number of hydrogen-bond acceptors (Lipinski definition) is 7. The van der Waals surface area contributed by atoms with Crippen LogP contribution in [0.2, 0.25) is 0 Å². The molecule has 3 N–H and O–H groups in total. The quantitative estimate of drug-likeness (QED) is 0.619. The van der Waals surface area contributed by atoms with Crippen LogP contribution in [0.15, 0.2) is 6.20 Å². The third kappa shape index (κ3) is 4.16. The molecule has 2 heterocycles. The number of aromatic nitrogens is 2. The molecular weight excluding hydrogens is 436 g/mol. The summed E-state index contributed by atoms with van der Waals surface area (Å²) in [6, 6.07) is 0.147. The van der Waals surface area contributed by atoms with Crippen LogP contribution in [-0.2, 0) is 0 Å². The molecule has 1 saturated heterocycles. The molecule has 1 aromatic rings. The Balaban J connectivity index is 1.27. The molecule has 5 saturated carbocycles. The molecule has 0 spiro atoms. The third-order valence-corrected chi connectivity index (χ3v) is 9.95. The first-order valence-corrected chi connectivity index (χ1v) is 14.1. The molecule has 0 aromatic carbocycles. The number of hydrogen-bond donors (Lipinski definition) is 3. The summed E-state index contributed by atoms with van der Waals surface area (Å²) in [5, 5.41) is 24.8. The molecule has 7 rings (SSSR count). The van der Waals surface area contributed by atoms with Gasteiger partial charge >= 0.3 is 0 Å². The number of rotatable bonds is 4. The van der Waals surface area contributed by atoms with Crippen LogP contribution in [0.25, 0.3) is 0 Å². The van der Waals surface area contributed by atoms with Crippen LogP contribution in [0, 0.1) is 17.8 Å². The van der Waals surface area contributed by atoms with E-state index in [9.17, 15) is 15.0 Å². The molecule has 180 valence electrons. The summed E-state index contributed by atoms with van der Waals surface area (Å²) in [5.41, 5.74) is 0.979. The van der Waals surface area contributed by atoms with Crippen molar-refractivity contribution in [1.29, 1.82) is 0 Å². The van der Waals surface area contributed by atoms with Crippen LogP contribution in [0.1, 0.15) is 86.2 Å². The SMILES string of the molecule is O=C(NC1C2CC3CC1CC(O)(C3)C2)c1cnc(N2CCSCC2O)nc1C1CCCCC1. The van der Waals surface area contributed by atoms with Gasteiger partial charge in [0.15, 0.2) is 0 Å². The minimum absolute atomic E-state index is 0.0543. The zero-order valence-corrected chi connectivity index (χ0v) is 20.1. The molecule has 1 aliphatic heterocycles. The van der Waals surface area contributed by atoms with Crippen LogP contribution in [0.5, 0.6) is 0 Å². The average Bonchev–Trinajstić information content (AvgIpc) is 2.81. The second-order valence-corrected chi connectivity index (χ2v) is 12.4. The normalized spacial score (nSPS) is 38.5. The topological polar surface area (TPSA) is 98.6 Å². The predicted octanol–water partition coefficient (Wildman–Crippen LogP) is 3.07. The smallest absolute Gasteiger partial charge is 0.254 e. The monoisotopic (exact) mass is 472 g/mol. The fourth-order valence-electron chi connectivity index (χ4n) is 7.66. The van der Waals surface area contributed by atoms with Gasteiger partial charge in [0.1, 0.15) is 6.23 Å². The summed E-state index contributed by atoms with van der Waals surface area (Å²) >= 11 is 1.74. The average molecular weight is 473 g/mol. The van der Waals surface area contributed by atoms with E-state index in [1.165, 1.54) is 19.3 Å². The van der Waals surface area contributed by atoms with Gasteiger partial charge in [-0.3, -0.25) is 4.79 Å². The molecule has 7 nitrogen and oxygen atoms in total. The fraction of sp³-hybridized carbons (Fsp3) is 0.800. The number of aliphatic hydroxyl groups excluding tert-OH is 1. The van der Waals surface area contributed by atoms with Gasteiger partial charge in [-0.15, -0.1) is 0 Å². The van der Waals surface area contributed by atoms with E-state index < -0.39 is 11.8 Å². The number of nitrogens with zero attached hydrogens (tertiary/aromatic N) is 3. The Hall–Kier alpha value is -1.38. The standard InChI is InChI=1S/C25H36N4O3S/c30-20-14-33-7-6-29(20)24-26-13-19(22(28-24)16-4-2-1-3-5-16)23(31)27-21-17-8-15-9-18(21)12-25(32,10-15)11-17/h13,15-18,20-21,30,32H,1-12,14H2,(H,27,31). The van der Waals surface area contributed by atoms with Crippen molar-refractivity contribution in [2.45, 2.75) is 88.0 Å². The van der Waals surface area contributed by atoms with Gasteiger partial charge < -0.3 is 20.4 Å². The molecule has 4 bridgehead atoms. The van der Waals surface area contributed by atoms with Crippen molar-refractivity contribution >= 4 is 23.6 Å². The van der Waals surface area contributed by atoms with Gasteiger partial charge in [0, 0.05) is 36.2 Å². The maximum atomic E-state index is 13.6. The highest BCUT2D eigenvalue weighted by Crippen LogP contribution is 2.55. The lowest BCUT2D eigenvalue weighted by Crippen LogP contribution is -2.61. The highest BCUT2D eigenvalue weighted by atomic mass is 32.2. The third-order valence-electron chi connectivity index (χ3n) is 8.94. The van der Waals surface area contributed by atoms with E-state index in [-0.39, 0.29) is 17.9 Å². The number of thioether (sulfide) groups is 1. The number of carbonyl (C=O) groups is 1. The molecule has 8 heteroatoms. The van der Waals surface area contributed by atoms with E-state index in [0.29, 0.717) is 35.0 Å². The number of carbonyl (C=O) groups excluding carboxylic acids is 1. The second-order valence-electron chi connectivity index (χ2n) is 11.2. The molecule has 5 aliphatic carbocycles. The van der Waals surface area contributed by atoms with Crippen molar-refractivity contribution in [3.8, 4) is 0 Å². The first kappa shape index (κ1) is 22.1. The van der Waals surface area contributed by atoms with Gasteiger partial charge in [-0.05, 0) is 62.7 Å². The van der Waals surface area contributed by atoms with Gasteiger partial charge in [-0.2, -0.15) is 11.8 Å². The molecule has 6 fully saturated rings. The van der Waals surface area contributed by atoms with Crippen molar-refractivity contribution in [1.82, 2.24) is 15.3 Å². The highest BCUT2D eigenvalue weighted by molar-refractivity contribution is 7.99. The van der Waals surface area contributed by atoms with Gasteiger partial charge in [-0.25, -0.2) is 9.97 Å². The second kappa shape index (κ2) is 8.68. The Morgan fingerprint density at radius 2 is 1.91 bits per heavy atom. The van der Waals surface area contributed by atoms with Crippen molar-refractivity contribution in [3.63, 3.8) is 0 Å². The van der Waals surface area contributed by atoms with E-state index in [1.807, 2.05) is 4.90 Å². The van der Waals surface area contributed by atoms with Gasteiger partial charge in [-0.1, -0.05) is 19.3 Å². The summed E-state index contributed by atoms with van der Waals surface area (Å²) in [6.07, 6.45) is 11.6. The van der Waals surface area contributed by atoms with E-state index in [4.69, 9.17) is 4.98 Å². The Morgan fingerprint density at radius 3 is 2.61 bits per heavy atom. The maximum absolute atomic E-state index is 13.6. The van der Waals surface area contributed by atoms with Crippen molar-refractivity contribution in [3.05, 3.63) is 17.5 Å². The minimum atomic E-state index is -0.582. The molecule has 33 heavy (non-hydrogen) atoms. The van der Waals surface area contributed by atoms with Crippen LogP contribution in [0.3, 0.4) is 0 Å². The number of anilines is 1. The Bertz CT molecular complexity index is 892. The Kier molecular flexibility index (Phi) is 5.82. The van der Waals surface area contributed by atoms with Crippen molar-refractivity contribution in [2.24, 2.45) is 17.8 Å². The zero-order valence-electron chi connectivity index (χ0n) is 19.3. The van der Waals surface area contributed by atoms with Crippen molar-refractivity contribution in [2.75, 3.05) is 23.0 Å². The van der Waals surface area contributed by atoms with E-state index in [1.54, 1.807) is 18.0 Å². The number of amides is 1. The lowest BCUT2D eigenvalue weighted by molar-refractivity contribution is -0.136. The van der Waals surface area contributed by atoms with Crippen molar-refractivity contribution < 1.29 is 15.0 Å². The lowest BCUT2D eigenvalue weighted by atomic mass is 9.52. The van der Waals surface area contributed by atoms with Gasteiger partial charge in [0.05, 0.1) is 16.9 Å². The Labute approximate surface area is 200 Å². The molecular formula is C25H36N4O3S. The van der Waals surface area contributed by atoms with E-state index in [2.05, 4.69) is 10.3 Å². The first-order valence-electron chi connectivity index (χ1n) is 12.9. The summed E-state index contributed by atoms with van der Waals surface area (Å²) in [7, 11) is 0. The lowest BCUT2D eigenvalue weighted by Gasteiger charge is -2.58. The maximum Gasteiger partial charge on any atom is 0.254 e. The van der Waals surface area contributed by atoms with Crippen LogP contribution in [0.4, 0.5) is 5.95 Å². The minimum Gasteiger partial charge on any atom is -0.390 e. The van der Waals surface area contributed by atoms with Crippen LogP contribution in [-0.4, -0.2) is 62.0 Å². The molecule has 6 aliphatic rings.